The van der Waals surface area contributed by atoms with E-state index in [0.717, 1.165) is 20.7 Å². The van der Waals surface area contributed by atoms with Crippen LogP contribution in [-0.2, 0) is 4.79 Å². The average Bonchev–Trinajstić information content (AvgIpc) is 2.72. The van der Waals surface area contributed by atoms with E-state index in [-0.39, 0.29) is 17.2 Å². The maximum Gasteiger partial charge on any atom is 0.323 e. The van der Waals surface area contributed by atoms with Gasteiger partial charge in [-0.15, -0.1) is 11.8 Å². The Morgan fingerprint density at radius 3 is 1.90 bits per heavy atom. The molecule has 3 N–H and O–H groups in total. The molecule has 5 nitrogen and oxygen atoms in total. The summed E-state index contributed by atoms with van der Waals surface area (Å²) in [5.41, 5.74) is 2.16. The highest BCUT2D eigenvalue weighted by Crippen LogP contribution is 2.26. The molecule has 0 radical (unpaired) electrons. The fourth-order valence-corrected chi connectivity index (χ4v) is 3.60. The normalized spacial score (nSPS) is 11.4. The molecule has 29 heavy (non-hydrogen) atoms. The van der Waals surface area contributed by atoms with Crippen LogP contribution in [0.5, 0.6) is 0 Å². The first-order chi connectivity index (χ1) is 14.0. The predicted molar refractivity (Wildman–Crippen MR) is 124 cm³/mol. The van der Waals surface area contributed by atoms with E-state index < -0.39 is 0 Å². The first kappa shape index (κ1) is 21.0. The van der Waals surface area contributed by atoms with Crippen LogP contribution in [0.3, 0.4) is 0 Å². The Morgan fingerprint density at radius 2 is 1.28 bits per heavy atom. The molecule has 3 rings (SSSR count). The van der Waals surface area contributed by atoms with Crippen molar-refractivity contribution in [2.75, 3.05) is 16.0 Å². The van der Waals surface area contributed by atoms with Crippen molar-refractivity contribution in [3.8, 4) is 0 Å². The number of nitrogens with one attached hydrogen (secondary N) is 3. The monoisotopic (exact) mass is 469 g/mol. The van der Waals surface area contributed by atoms with Crippen molar-refractivity contribution in [2.24, 2.45) is 0 Å². The number of para-hydroxylation sites is 1. The number of carbonyl (C=O) groups excluding carboxylic acids is 2. The molecule has 0 aliphatic heterocycles. The van der Waals surface area contributed by atoms with Gasteiger partial charge in [-0.3, -0.25) is 4.79 Å². The summed E-state index contributed by atoms with van der Waals surface area (Å²) in [6, 6.07) is 23.8. The fourth-order valence-electron chi connectivity index (χ4n) is 2.47. The molecule has 7 heteroatoms. The standard InChI is InChI=1S/C22H20BrN3O2S/c1-15(21(27)24-18-9-7-16(23)8-10-18)29-20-13-11-19(12-14-20)26-22(28)25-17-5-3-2-4-6-17/h2-15H,1H3,(H,24,27)(H2,25,26,28). The van der Waals surface area contributed by atoms with E-state index in [1.807, 2.05) is 85.8 Å². The Hall–Kier alpha value is -2.77. The van der Waals surface area contributed by atoms with Crippen molar-refractivity contribution in [2.45, 2.75) is 17.1 Å². The van der Waals surface area contributed by atoms with Crippen LogP contribution in [-0.4, -0.2) is 17.2 Å². The first-order valence-electron chi connectivity index (χ1n) is 8.96. The molecular formula is C22H20BrN3O2S. The number of anilines is 3. The minimum Gasteiger partial charge on any atom is -0.325 e. The van der Waals surface area contributed by atoms with Gasteiger partial charge in [0.05, 0.1) is 5.25 Å². The van der Waals surface area contributed by atoms with E-state index in [1.165, 1.54) is 11.8 Å². The molecule has 0 bridgehead atoms. The van der Waals surface area contributed by atoms with Gasteiger partial charge in [-0.05, 0) is 67.6 Å². The minimum atomic E-state index is -0.307. The molecule has 0 saturated carbocycles. The van der Waals surface area contributed by atoms with Gasteiger partial charge in [-0.1, -0.05) is 34.1 Å². The Morgan fingerprint density at radius 1 is 0.759 bits per heavy atom. The molecule has 0 fully saturated rings. The number of hydrogen-bond acceptors (Lipinski definition) is 3. The lowest BCUT2D eigenvalue weighted by Gasteiger charge is -2.13. The van der Waals surface area contributed by atoms with E-state index >= 15 is 0 Å². The van der Waals surface area contributed by atoms with Crippen LogP contribution < -0.4 is 16.0 Å². The Balaban J connectivity index is 1.50. The molecule has 0 aliphatic rings. The quantitative estimate of drug-likeness (QED) is 0.375. The van der Waals surface area contributed by atoms with Crippen LogP contribution >= 0.6 is 27.7 Å². The highest BCUT2D eigenvalue weighted by Gasteiger charge is 2.14. The van der Waals surface area contributed by atoms with Gasteiger partial charge in [0.15, 0.2) is 0 Å². The van der Waals surface area contributed by atoms with Crippen LogP contribution in [0.1, 0.15) is 6.92 Å². The van der Waals surface area contributed by atoms with Gasteiger partial charge < -0.3 is 16.0 Å². The summed E-state index contributed by atoms with van der Waals surface area (Å²) >= 11 is 4.83. The van der Waals surface area contributed by atoms with Crippen molar-refractivity contribution in [3.05, 3.63) is 83.3 Å². The van der Waals surface area contributed by atoms with Gasteiger partial charge in [0.1, 0.15) is 0 Å². The smallest absolute Gasteiger partial charge is 0.323 e. The zero-order valence-electron chi connectivity index (χ0n) is 15.7. The van der Waals surface area contributed by atoms with Crippen LogP contribution in [0, 0.1) is 0 Å². The van der Waals surface area contributed by atoms with E-state index in [1.54, 1.807) is 0 Å². The van der Waals surface area contributed by atoms with Crippen molar-refractivity contribution in [1.29, 1.82) is 0 Å². The molecule has 0 aromatic heterocycles. The third kappa shape index (κ3) is 6.66. The summed E-state index contributed by atoms with van der Waals surface area (Å²) in [5.74, 6) is -0.0678. The van der Waals surface area contributed by atoms with Crippen LogP contribution in [0.25, 0.3) is 0 Å². The van der Waals surface area contributed by atoms with Crippen molar-refractivity contribution >= 4 is 56.7 Å². The number of thioether (sulfide) groups is 1. The SMILES string of the molecule is CC(Sc1ccc(NC(=O)Nc2ccccc2)cc1)C(=O)Nc1ccc(Br)cc1. The number of halogens is 1. The largest absolute Gasteiger partial charge is 0.325 e. The number of rotatable bonds is 6. The van der Waals surface area contributed by atoms with Crippen molar-refractivity contribution in [1.82, 2.24) is 0 Å². The minimum absolute atomic E-state index is 0.0678. The number of urea groups is 1. The first-order valence-corrected chi connectivity index (χ1v) is 10.6. The molecular weight excluding hydrogens is 450 g/mol. The predicted octanol–water partition coefficient (Wildman–Crippen LogP) is 6.21. The topological polar surface area (TPSA) is 70.2 Å². The second-order valence-electron chi connectivity index (χ2n) is 6.23. The summed E-state index contributed by atoms with van der Waals surface area (Å²) in [4.78, 5) is 25.4. The maximum atomic E-state index is 12.4. The third-order valence-corrected chi connectivity index (χ3v) is 5.58. The summed E-state index contributed by atoms with van der Waals surface area (Å²) in [6.45, 7) is 1.86. The highest BCUT2D eigenvalue weighted by atomic mass is 79.9. The number of carbonyl (C=O) groups is 2. The van der Waals surface area contributed by atoms with Gasteiger partial charge in [0, 0.05) is 26.4 Å². The van der Waals surface area contributed by atoms with Crippen LogP contribution in [0.2, 0.25) is 0 Å². The number of benzene rings is 3. The number of amides is 3. The Kier molecular flexibility index (Phi) is 7.32. The molecule has 3 amide bonds. The Labute approximate surface area is 182 Å². The maximum absolute atomic E-state index is 12.4. The average molecular weight is 470 g/mol. The van der Waals surface area contributed by atoms with Crippen LogP contribution in [0.15, 0.2) is 88.2 Å². The molecule has 0 aliphatic carbocycles. The fraction of sp³-hybridized carbons (Fsp3) is 0.0909. The third-order valence-electron chi connectivity index (χ3n) is 3.94. The number of hydrogen-bond donors (Lipinski definition) is 3. The lowest BCUT2D eigenvalue weighted by atomic mass is 10.3. The van der Waals surface area contributed by atoms with Crippen LogP contribution in [0.4, 0.5) is 21.9 Å². The summed E-state index contributed by atoms with van der Waals surface area (Å²) in [6.07, 6.45) is 0. The van der Waals surface area contributed by atoms with E-state index in [2.05, 4.69) is 31.9 Å². The molecule has 3 aromatic carbocycles. The molecule has 1 unspecified atom stereocenters. The zero-order chi connectivity index (χ0) is 20.6. The van der Waals surface area contributed by atoms with Gasteiger partial charge in [0.2, 0.25) is 5.91 Å². The van der Waals surface area contributed by atoms with E-state index in [9.17, 15) is 9.59 Å². The lowest BCUT2D eigenvalue weighted by Crippen LogP contribution is -2.22. The lowest BCUT2D eigenvalue weighted by molar-refractivity contribution is -0.115. The summed E-state index contributed by atoms with van der Waals surface area (Å²) in [5, 5.41) is 8.20. The van der Waals surface area contributed by atoms with E-state index in [0.29, 0.717) is 5.69 Å². The summed E-state index contributed by atoms with van der Waals surface area (Å²) in [7, 11) is 0. The molecule has 3 aromatic rings. The Bertz CT molecular complexity index is 964. The van der Waals surface area contributed by atoms with Gasteiger partial charge in [-0.2, -0.15) is 0 Å². The molecule has 0 heterocycles. The van der Waals surface area contributed by atoms with Gasteiger partial charge in [0.25, 0.3) is 0 Å². The van der Waals surface area contributed by atoms with Crippen molar-refractivity contribution in [3.63, 3.8) is 0 Å². The van der Waals surface area contributed by atoms with Gasteiger partial charge in [-0.25, -0.2) is 4.79 Å². The van der Waals surface area contributed by atoms with Crippen molar-refractivity contribution < 1.29 is 9.59 Å². The second kappa shape index (κ2) is 10.1. The highest BCUT2D eigenvalue weighted by molar-refractivity contribution is 9.10. The molecule has 148 valence electrons. The van der Waals surface area contributed by atoms with Gasteiger partial charge >= 0.3 is 6.03 Å². The summed E-state index contributed by atoms with van der Waals surface area (Å²) < 4.78 is 0.962. The molecule has 0 spiro atoms. The van der Waals surface area contributed by atoms with E-state index in [4.69, 9.17) is 0 Å². The molecule has 0 saturated heterocycles. The molecule has 1 atom stereocenters. The second-order valence-corrected chi connectivity index (χ2v) is 8.56. The zero-order valence-corrected chi connectivity index (χ0v) is 18.1.